The summed E-state index contributed by atoms with van der Waals surface area (Å²) in [5.41, 5.74) is 0.881. The zero-order chi connectivity index (χ0) is 19.2. The maximum absolute atomic E-state index is 12.5. The van der Waals surface area contributed by atoms with Crippen LogP contribution in [-0.4, -0.2) is 63.5 Å². The van der Waals surface area contributed by atoms with Gasteiger partial charge in [-0.15, -0.1) is 0 Å². The summed E-state index contributed by atoms with van der Waals surface area (Å²) in [5, 5.41) is 3.71. The average Bonchev–Trinajstić information content (AvgIpc) is 2.68. The van der Waals surface area contributed by atoms with Crippen molar-refractivity contribution in [3.8, 4) is 0 Å². The van der Waals surface area contributed by atoms with Crippen LogP contribution < -0.4 is 10.2 Å². The molecule has 8 nitrogen and oxygen atoms in total. The van der Waals surface area contributed by atoms with Gasteiger partial charge in [0.2, 0.25) is 11.9 Å². The van der Waals surface area contributed by atoms with E-state index in [-0.39, 0.29) is 5.91 Å². The first kappa shape index (κ1) is 19.3. The number of aromatic nitrogens is 4. The van der Waals surface area contributed by atoms with Crippen molar-refractivity contribution >= 4 is 29.3 Å². The highest BCUT2D eigenvalue weighted by Crippen LogP contribution is 2.21. The van der Waals surface area contributed by atoms with Crippen molar-refractivity contribution in [3.63, 3.8) is 0 Å². The number of aryl methyl sites for hydroxylation is 1. The van der Waals surface area contributed by atoms with Gasteiger partial charge >= 0.3 is 0 Å². The van der Waals surface area contributed by atoms with Gasteiger partial charge in [0.15, 0.2) is 0 Å². The smallest absolute Gasteiger partial charge is 0.225 e. The lowest BCUT2D eigenvalue weighted by Crippen LogP contribution is -2.49. The number of amides is 1. The molecular formula is C18H24ClN7O. The second-order valence-electron chi connectivity index (χ2n) is 6.34. The van der Waals surface area contributed by atoms with Crippen LogP contribution in [0.2, 0.25) is 5.15 Å². The summed E-state index contributed by atoms with van der Waals surface area (Å²) in [5.74, 6) is 2.18. The summed E-state index contributed by atoms with van der Waals surface area (Å²) < 4.78 is 0. The molecule has 3 rings (SSSR count). The molecule has 1 saturated heterocycles. The van der Waals surface area contributed by atoms with Crippen LogP contribution in [0.25, 0.3) is 0 Å². The van der Waals surface area contributed by atoms with Crippen molar-refractivity contribution in [1.29, 1.82) is 0 Å². The Hall–Kier alpha value is -2.48. The molecule has 0 unspecified atom stereocenters. The van der Waals surface area contributed by atoms with Crippen molar-refractivity contribution in [2.75, 3.05) is 42.9 Å². The lowest BCUT2D eigenvalue weighted by Gasteiger charge is -2.34. The van der Waals surface area contributed by atoms with Crippen LogP contribution >= 0.6 is 11.6 Å². The Bertz CT molecular complexity index is 779. The Morgan fingerprint density at radius 3 is 2.56 bits per heavy atom. The SMILES string of the molecule is CCc1c(Cl)nc(C)nc1NCCC(=O)N1CCN(c2ncccn2)CC1. The van der Waals surface area contributed by atoms with E-state index in [2.05, 4.69) is 30.2 Å². The zero-order valence-corrected chi connectivity index (χ0v) is 16.4. The van der Waals surface area contributed by atoms with E-state index in [1.165, 1.54) is 0 Å². The Kier molecular flexibility index (Phi) is 6.39. The van der Waals surface area contributed by atoms with Gasteiger partial charge in [0.1, 0.15) is 16.8 Å². The number of rotatable bonds is 6. The Balaban J connectivity index is 1.48. The van der Waals surface area contributed by atoms with Gasteiger partial charge in [-0.05, 0) is 19.4 Å². The highest BCUT2D eigenvalue weighted by Gasteiger charge is 2.22. The molecule has 1 aliphatic rings. The molecule has 9 heteroatoms. The third-order valence-corrected chi connectivity index (χ3v) is 4.83. The number of halogens is 1. The number of nitrogens with one attached hydrogen (secondary N) is 1. The second-order valence-corrected chi connectivity index (χ2v) is 6.69. The first-order valence-corrected chi connectivity index (χ1v) is 9.53. The Morgan fingerprint density at radius 2 is 1.89 bits per heavy atom. The van der Waals surface area contributed by atoms with Crippen molar-refractivity contribution in [1.82, 2.24) is 24.8 Å². The van der Waals surface area contributed by atoms with Crippen molar-refractivity contribution in [2.24, 2.45) is 0 Å². The predicted octanol–water partition coefficient (Wildman–Crippen LogP) is 1.94. The van der Waals surface area contributed by atoms with Gasteiger partial charge in [0, 0.05) is 57.1 Å². The van der Waals surface area contributed by atoms with Gasteiger partial charge in [0.05, 0.1) is 0 Å². The zero-order valence-electron chi connectivity index (χ0n) is 15.7. The third-order valence-electron chi connectivity index (χ3n) is 4.52. The van der Waals surface area contributed by atoms with E-state index in [0.717, 1.165) is 31.0 Å². The Morgan fingerprint density at radius 1 is 1.19 bits per heavy atom. The molecule has 1 amide bonds. The quantitative estimate of drug-likeness (QED) is 0.755. The minimum Gasteiger partial charge on any atom is -0.369 e. The van der Waals surface area contributed by atoms with E-state index in [0.29, 0.717) is 42.9 Å². The topological polar surface area (TPSA) is 87.1 Å². The first-order chi connectivity index (χ1) is 13.1. The molecule has 27 heavy (non-hydrogen) atoms. The largest absolute Gasteiger partial charge is 0.369 e. The van der Waals surface area contributed by atoms with Gasteiger partial charge in [0.25, 0.3) is 0 Å². The fraction of sp³-hybridized carbons (Fsp3) is 0.500. The third kappa shape index (κ3) is 4.82. The molecule has 1 fully saturated rings. The molecular weight excluding hydrogens is 366 g/mol. The van der Waals surface area contributed by atoms with Crippen LogP contribution in [0.15, 0.2) is 18.5 Å². The molecule has 2 aromatic heterocycles. The molecule has 0 saturated carbocycles. The lowest BCUT2D eigenvalue weighted by molar-refractivity contribution is -0.131. The summed E-state index contributed by atoms with van der Waals surface area (Å²) >= 11 is 6.18. The van der Waals surface area contributed by atoms with Crippen LogP contribution in [-0.2, 0) is 11.2 Å². The molecule has 1 aliphatic heterocycles. The molecule has 0 atom stereocenters. The molecule has 0 radical (unpaired) electrons. The number of carbonyl (C=O) groups excluding carboxylic acids is 1. The normalized spacial score (nSPS) is 14.3. The van der Waals surface area contributed by atoms with Crippen LogP contribution in [0.3, 0.4) is 0 Å². The van der Waals surface area contributed by atoms with Gasteiger partial charge in [-0.2, -0.15) is 0 Å². The summed E-state index contributed by atoms with van der Waals surface area (Å²) in [6, 6.07) is 1.80. The van der Waals surface area contributed by atoms with Crippen LogP contribution in [0.4, 0.5) is 11.8 Å². The van der Waals surface area contributed by atoms with Gasteiger partial charge in [-0.1, -0.05) is 18.5 Å². The number of piperazine rings is 1. The number of carbonyl (C=O) groups is 1. The van der Waals surface area contributed by atoms with E-state index in [9.17, 15) is 4.79 Å². The number of hydrogen-bond donors (Lipinski definition) is 1. The molecule has 0 spiro atoms. The number of anilines is 2. The maximum atomic E-state index is 12.5. The van der Waals surface area contributed by atoms with E-state index < -0.39 is 0 Å². The minimum atomic E-state index is 0.131. The van der Waals surface area contributed by atoms with Gasteiger partial charge in [-0.3, -0.25) is 4.79 Å². The second kappa shape index (κ2) is 8.94. The highest BCUT2D eigenvalue weighted by atomic mass is 35.5. The fourth-order valence-corrected chi connectivity index (χ4v) is 3.42. The van der Waals surface area contributed by atoms with E-state index in [1.807, 2.05) is 11.8 Å². The molecule has 1 N–H and O–H groups in total. The van der Waals surface area contributed by atoms with Crippen LogP contribution in [0.1, 0.15) is 24.7 Å². The van der Waals surface area contributed by atoms with Gasteiger partial charge in [-0.25, -0.2) is 19.9 Å². The van der Waals surface area contributed by atoms with Crippen molar-refractivity contribution in [3.05, 3.63) is 35.0 Å². The molecule has 0 aliphatic carbocycles. The fourth-order valence-electron chi connectivity index (χ4n) is 3.08. The molecule has 3 heterocycles. The highest BCUT2D eigenvalue weighted by molar-refractivity contribution is 6.30. The Labute approximate surface area is 164 Å². The summed E-state index contributed by atoms with van der Waals surface area (Å²) in [6.07, 6.45) is 4.61. The van der Waals surface area contributed by atoms with Crippen LogP contribution in [0, 0.1) is 6.92 Å². The molecule has 2 aromatic rings. The summed E-state index contributed by atoms with van der Waals surface area (Å²) in [6.45, 7) is 7.16. The van der Waals surface area contributed by atoms with Gasteiger partial charge < -0.3 is 15.1 Å². The van der Waals surface area contributed by atoms with Crippen molar-refractivity contribution in [2.45, 2.75) is 26.7 Å². The number of nitrogens with zero attached hydrogens (tertiary/aromatic N) is 6. The predicted molar refractivity (Wildman–Crippen MR) is 105 cm³/mol. The van der Waals surface area contributed by atoms with E-state index in [1.54, 1.807) is 25.4 Å². The number of hydrogen-bond acceptors (Lipinski definition) is 7. The van der Waals surface area contributed by atoms with E-state index in [4.69, 9.17) is 11.6 Å². The summed E-state index contributed by atoms with van der Waals surface area (Å²) in [7, 11) is 0. The van der Waals surface area contributed by atoms with E-state index >= 15 is 0 Å². The summed E-state index contributed by atoms with van der Waals surface area (Å²) in [4.78, 5) is 33.6. The molecule has 0 aromatic carbocycles. The minimum absolute atomic E-state index is 0.131. The maximum Gasteiger partial charge on any atom is 0.225 e. The molecule has 144 valence electrons. The lowest BCUT2D eigenvalue weighted by atomic mass is 10.2. The van der Waals surface area contributed by atoms with Crippen LogP contribution in [0.5, 0.6) is 0 Å². The average molecular weight is 390 g/mol. The monoisotopic (exact) mass is 389 g/mol. The first-order valence-electron chi connectivity index (χ1n) is 9.15. The van der Waals surface area contributed by atoms with Crippen molar-refractivity contribution < 1.29 is 4.79 Å². The molecule has 0 bridgehead atoms. The standard InChI is InChI=1S/C18H24ClN7O/c1-3-14-16(19)23-13(2)24-17(14)20-8-5-15(27)25-9-11-26(12-10-25)18-21-6-4-7-22-18/h4,6-7H,3,5,8-12H2,1-2H3,(H,20,23,24).